The summed E-state index contributed by atoms with van der Waals surface area (Å²) in [7, 11) is 1.73. The number of carbonyl (C=O) groups is 3. The minimum atomic E-state index is -0.880. The highest BCUT2D eigenvalue weighted by Gasteiger charge is 2.40. The van der Waals surface area contributed by atoms with Crippen LogP contribution in [0.15, 0.2) is 72.8 Å². The molecule has 0 aromatic heterocycles. The van der Waals surface area contributed by atoms with Gasteiger partial charge in [-0.3, -0.25) is 14.5 Å². The monoisotopic (exact) mass is 725 g/mol. The molecular formula is C44H45N4O6+. The second-order valence-corrected chi connectivity index (χ2v) is 15.2. The van der Waals surface area contributed by atoms with Gasteiger partial charge in [0.15, 0.2) is 0 Å². The van der Waals surface area contributed by atoms with E-state index in [2.05, 4.69) is 27.7 Å². The van der Waals surface area contributed by atoms with Gasteiger partial charge in [-0.25, -0.2) is 9.37 Å². The van der Waals surface area contributed by atoms with Crippen molar-refractivity contribution in [3.8, 4) is 11.5 Å². The maximum atomic E-state index is 14.3. The van der Waals surface area contributed by atoms with E-state index in [-0.39, 0.29) is 31.1 Å². The molecule has 276 valence electrons. The van der Waals surface area contributed by atoms with Gasteiger partial charge in [-0.15, -0.1) is 0 Å². The molecular weight excluding hydrogens is 681 g/mol. The number of carbonyl (C=O) groups excluding carboxylic acids is 2. The van der Waals surface area contributed by atoms with Gasteiger partial charge in [0.1, 0.15) is 31.2 Å². The molecule has 5 aliphatic rings. The van der Waals surface area contributed by atoms with E-state index < -0.39 is 5.97 Å². The van der Waals surface area contributed by atoms with Crippen LogP contribution in [0.25, 0.3) is 5.57 Å². The predicted octanol–water partition coefficient (Wildman–Crippen LogP) is 5.49. The van der Waals surface area contributed by atoms with Gasteiger partial charge in [0.2, 0.25) is 5.36 Å². The van der Waals surface area contributed by atoms with E-state index in [9.17, 15) is 19.5 Å². The summed E-state index contributed by atoms with van der Waals surface area (Å²) in [6.07, 6.45) is 6.01. The Morgan fingerprint density at radius 2 is 1.74 bits per heavy atom. The lowest BCUT2D eigenvalue weighted by Crippen LogP contribution is -2.48. The average molecular weight is 726 g/mol. The third-order valence-corrected chi connectivity index (χ3v) is 11.8. The molecule has 0 saturated carbocycles. The highest BCUT2D eigenvalue weighted by molar-refractivity contribution is 6.03. The molecule has 0 spiro atoms. The minimum absolute atomic E-state index is 0.00704. The summed E-state index contributed by atoms with van der Waals surface area (Å²) >= 11 is 0. The summed E-state index contributed by atoms with van der Waals surface area (Å²) in [5, 5.41) is 11.5. The first-order valence-corrected chi connectivity index (χ1v) is 19.3. The lowest BCUT2D eigenvalue weighted by atomic mass is 9.85. The van der Waals surface area contributed by atoms with Crippen molar-refractivity contribution >= 4 is 34.9 Å². The summed E-state index contributed by atoms with van der Waals surface area (Å²) in [5.74, 6) is 0.512. The quantitative estimate of drug-likeness (QED) is 0.211. The van der Waals surface area contributed by atoms with E-state index in [4.69, 9.17) is 9.47 Å². The fourth-order valence-electron chi connectivity index (χ4n) is 9.25. The summed E-state index contributed by atoms with van der Waals surface area (Å²) in [5.41, 5.74) is 8.23. The molecule has 10 nitrogen and oxygen atoms in total. The normalized spacial score (nSPS) is 17.8. The van der Waals surface area contributed by atoms with Crippen molar-refractivity contribution in [3.63, 3.8) is 0 Å². The number of fused-ring (bicyclic) bond motifs is 6. The number of amides is 2. The number of hydrogen-bond acceptors (Lipinski definition) is 6. The fraction of sp³-hybridized carbons (Fsp3) is 0.364. The van der Waals surface area contributed by atoms with Gasteiger partial charge in [0.25, 0.3) is 5.91 Å². The molecule has 0 bridgehead atoms. The Labute approximate surface area is 314 Å². The first-order valence-electron chi connectivity index (χ1n) is 19.3. The molecule has 1 unspecified atom stereocenters. The molecule has 1 N–H and O–H groups in total. The third kappa shape index (κ3) is 5.97. The Morgan fingerprint density at radius 3 is 2.57 bits per heavy atom. The SMILES string of the molecule is CN(CCCC(=O)O)C(=O)c1ccccc1C1=c2cc3c4c(c2Oc2cc5c(cc21)N(C(=O)OCc1ccccc1)CC1CCCN51)CCC[N+]=4CCC3. The number of anilines is 2. The molecule has 10 heteroatoms. The van der Waals surface area contributed by atoms with Crippen LogP contribution in [-0.2, 0) is 29.0 Å². The minimum Gasteiger partial charge on any atom is -0.481 e. The molecule has 1 saturated heterocycles. The lowest BCUT2D eigenvalue weighted by molar-refractivity contribution is -0.137. The zero-order valence-corrected chi connectivity index (χ0v) is 30.7. The molecule has 5 heterocycles. The van der Waals surface area contributed by atoms with Crippen LogP contribution in [0, 0.1) is 0 Å². The molecule has 0 aliphatic carbocycles. The molecule has 4 aromatic carbocycles. The molecule has 5 aliphatic heterocycles. The maximum absolute atomic E-state index is 14.3. The number of aliphatic carboxylic acids is 1. The third-order valence-electron chi connectivity index (χ3n) is 11.8. The Bertz CT molecular complexity index is 2320. The van der Waals surface area contributed by atoms with Crippen LogP contribution >= 0.6 is 0 Å². The zero-order chi connectivity index (χ0) is 36.9. The molecule has 54 heavy (non-hydrogen) atoms. The van der Waals surface area contributed by atoms with Gasteiger partial charge in [0.05, 0.1) is 16.9 Å². The van der Waals surface area contributed by atoms with Crippen LogP contribution in [-0.4, -0.2) is 73.8 Å². The highest BCUT2D eigenvalue weighted by Crippen LogP contribution is 2.48. The largest absolute Gasteiger partial charge is 0.481 e. The van der Waals surface area contributed by atoms with E-state index in [0.29, 0.717) is 30.8 Å². The number of benzene rings is 4. The van der Waals surface area contributed by atoms with Crippen molar-refractivity contribution in [2.45, 2.75) is 64.0 Å². The molecule has 1 fully saturated rings. The summed E-state index contributed by atoms with van der Waals surface area (Å²) in [4.78, 5) is 45.4. The number of carboxylic acids is 1. The van der Waals surface area contributed by atoms with Gasteiger partial charge in [0, 0.05) is 85.5 Å². The number of rotatable bonds is 8. The summed E-state index contributed by atoms with van der Waals surface area (Å²) < 4.78 is 15.5. The van der Waals surface area contributed by atoms with Gasteiger partial charge >= 0.3 is 12.1 Å². The molecule has 9 rings (SSSR count). The van der Waals surface area contributed by atoms with Crippen molar-refractivity contribution in [1.29, 1.82) is 0 Å². The van der Waals surface area contributed by atoms with Crippen LogP contribution in [0.2, 0.25) is 0 Å². The molecule has 1 atom stereocenters. The number of carboxylic acid groups (broad SMARTS) is 1. The average Bonchev–Trinajstić information content (AvgIpc) is 3.68. The van der Waals surface area contributed by atoms with Crippen molar-refractivity contribution in [2.24, 2.45) is 0 Å². The number of aryl methyl sites for hydroxylation is 1. The van der Waals surface area contributed by atoms with Crippen molar-refractivity contribution < 1.29 is 29.0 Å². The van der Waals surface area contributed by atoms with E-state index in [1.807, 2.05) is 54.6 Å². The van der Waals surface area contributed by atoms with Crippen LogP contribution in [0.4, 0.5) is 16.2 Å². The highest BCUT2D eigenvalue weighted by atomic mass is 16.6. The molecule has 2 amide bonds. The van der Waals surface area contributed by atoms with Crippen LogP contribution < -0.4 is 29.7 Å². The van der Waals surface area contributed by atoms with Crippen LogP contribution in [0.3, 0.4) is 0 Å². The van der Waals surface area contributed by atoms with Crippen LogP contribution in [0.5, 0.6) is 11.5 Å². The first kappa shape index (κ1) is 34.1. The zero-order valence-electron chi connectivity index (χ0n) is 30.7. The predicted molar refractivity (Wildman–Crippen MR) is 206 cm³/mol. The van der Waals surface area contributed by atoms with Gasteiger partial charge in [-0.05, 0) is 61.4 Å². The standard InChI is InChI=1S/C44H44N4O6/c1-45(19-10-18-39(49)50)43(51)32-16-6-5-15-31(32)40-34-24-36-37(47-22-8-14-30(47)26-48(36)44(52)53-27-28-11-3-2-4-12-28)25-38(34)54-42-33-17-9-21-46-20-7-13-29(41(33)46)23-35(40)42/h2-6,11-12,15-16,23-25,30H,7-10,13-14,17-22,26-27H2,1H3/p+1. The summed E-state index contributed by atoms with van der Waals surface area (Å²) in [6.45, 7) is 4.00. The Balaban J connectivity index is 1.23. The van der Waals surface area contributed by atoms with Crippen molar-refractivity contribution in [1.82, 2.24) is 9.48 Å². The van der Waals surface area contributed by atoms with E-state index in [1.54, 1.807) is 16.8 Å². The topological polar surface area (TPSA) is 103 Å². The Morgan fingerprint density at radius 1 is 0.944 bits per heavy atom. The number of ether oxygens (including phenoxy) is 2. The molecule has 0 radical (unpaired) electrons. The Hall–Kier alpha value is -5.64. The smallest absolute Gasteiger partial charge is 0.414 e. The van der Waals surface area contributed by atoms with E-state index >= 15 is 0 Å². The second-order valence-electron chi connectivity index (χ2n) is 15.2. The van der Waals surface area contributed by atoms with Gasteiger partial charge in [-0.2, -0.15) is 0 Å². The molecule has 4 aromatic rings. The Kier molecular flexibility index (Phi) is 8.83. The fourth-order valence-corrected chi connectivity index (χ4v) is 9.25. The van der Waals surface area contributed by atoms with Gasteiger partial charge in [-0.1, -0.05) is 48.5 Å². The number of nitrogens with zero attached hydrogens (tertiary/aromatic N) is 4. The van der Waals surface area contributed by atoms with Crippen molar-refractivity contribution in [2.75, 3.05) is 49.6 Å². The van der Waals surface area contributed by atoms with Gasteiger partial charge < -0.3 is 24.4 Å². The van der Waals surface area contributed by atoms with Crippen molar-refractivity contribution in [3.05, 3.63) is 117 Å². The maximum Gasteiger partial charge on any atom is 0.414 e. The lowest BCUT2D eigenvalue weighted by Gasteiger charge is -2.40. The number of hydrogen-bond donors (Lipinski definition) is 1. The first-order chi connectivity index (χ1) is 26.4. The van der Waals surface area contributed by atoms with E-state index in [0.717, 1.165) is 103 Å². The summed E-state index contributed by atoms with van der Waals surface area (Å²) in [6, 6.07) is 24.1. The van der Waals surface area contributed by atoms with E-state index in [1.165, 1.54) is 16.5 Å². The van der Waals surface area contributed by atoms with Crippen LogP contribution in [0.1, 0.15) is 76.7 Å². The second kappa shape index (κ2) is 14.0.